The SMILES string of the molecule is CC(O)(CNC(=O)NCC1CCCCC1)C(=O)O. The number of carbonyl (C=O) groups excluding carboxylic acids is 1. The van der Waals surface area contributed by atoms with Gasteiger partial charge in [-0.25, -0.2) is 9.59 Å². The highest BCUT2D eigenvalue weighted by Crippen LogP contribution is 2.22. The van der Waals surface area contributed by atoms with Crippen LogP contribution < -0.4 is 10.6 Å². The molecule has 1 aliphatic rings. The fourth-order valence-corrected chi connectivity index (χ4v) is 2.02. The Labute approximate surface area is 107 Å². The molecule has 104 valence electrons. The molecule has 0 bridgehead atoms. The van der Waals surface area contributed by atoms with Crippen LogP contribution in [0.4, 0.5) is 4.79 Å². The second-order valence-electron chi connectivity index (χ2n) is 5.15. The molecule has 1 rings (SSSR count). The molecule has 0 spiro atoms. The van der Waals surface area contributed by atoms with Crippen molar-refractivity contribution in [2.24, 2.45) is 5.92 Å². The topological polar surface area (TPSA) is 98.7 Å². The van der Waals surface area contributed by atoms with Crippen LogP contribution >= 0.6 is 0 Å². The Hall–Kier alpha value is -1.30. The lowest BCUT2D eigenvalue weighted by Gasteiger charge is -2.22. The van der Waals surface area contributed by atoms with Gasteiger partial charge in [0, 0.05) is 6.54 Å². The number of hydrogen-bond acceptors (Lipinski definition) is 3. The average Bonchev–Trinajstić information content (AvgIpc) is 2.35. The van der Waals surface area contributed by atoms with E-state index in [9.17, 15) is 14.7 Å². The lowest BCUT2D eigenvalue weighted by molar-refractivity contribution is -0.155. The molecule has 1 atom stereocenters. The Morgan fingerprint density at radius 1 is 1.22 bits per heavy atom. The summed E-state index contributed by atoms with van der Waals surface area (Å²) in [5, 5.41) is 23.2. The second-order valence-corrected chi connectivity index (χ2v) is 5.15. The minimum Gasteiger partial charge on any atom is -0.479 e. The van der Waals surface area contributed by atoms with Crippen molar-refractivity contribution in [3.8, 4) is 0 Å². The molecule has 1 fully saturated rings. The van der Waals surface area contributed by atoms with Gasteiger partial charge in [-0.05, 0) is 25.7 Å². The summed E-state index contributed by atoms with van der Waals surface area (Å²) in [7, 11) is 0. The summed E-state index contributed by atoms with van der Waals surface area (Å²) < 4.78 is 0. The van der Waals surface area contributed by atoms with Crippen LogP contribution in [0.15, 0.2) is 0 Å². The molecule has 0 aromatic heterocycles. The zero-order valence-corrected chi connectivity index (χ0v) is 10.7. The van der Waals surface area contributed by atoms with Crippen LogP contribution in [0.3, 0.4) is 0 Å². The number of nitrogens with one attached hydrogen (secondary N) is 2. The first-order valence-electron chi connectivity index (χ1n) is 6.39. The van der Waals surface area contributed by atoms with Crippen molar-refractivity contribution in [3.63, 3.8) is 0 Å². The van der Waals surface area contributed by atoms with Crippen LogP contribution in [0.5, 0.6) is 0 Å². The zero-order valence-electron chi connectivity index (χ0n) is 10.7. The highest BCUT2D eigenvalue weighted by atomic mass is 16.4. The third kappa shape index (κ3) is 4.91. The predicted molar refractivity (Wildman–Crippen MR) is 66.2 cm³/mol. The van der Waals surface area contributed by atoms with Gasteiger partial charge in [0.2, 0.25) is 0 Å². The maximum absolute atomic E-state index is 11.4. The van der Waals surface area contributed by atoms with E-state index in [4.69, 9.17) is 5.11 Å². The van der Waals surface area contributed by atoms with Crippen LogP contribution in [0.2, 0.25) is 0 Å². The Morgan fingerprint density at radius 2 is 1.83 bits per heavy atom. The van der Waals surface area contributed by atoms with E-state index < -0.39 is 17.6 Å². The van der Waals surface area contributed by atoms with E-state index in [1.165, 1.54) is 19.3 Å². The van der Waals surface area contributed by atoms with Gasteiger partial charge in [-0.15, -0.1) is 0 Å². The summed E-state index contributed by atoms with van der Waals surface area (Å²) >= 11 is 0. The zero-order chi connectivity index (χ0) is 13.6. The molecule has 1 aliphatic carbocycles. The van der Waals surface area contributed by atoms with E-state index in [-0.39, 0.29) is 6.54 Å². The molecule has 0 aliphatic heterocycles. The van der Waals surface area contributed by atoms with E-state index in [0.29, 0.717) is 12.5 Å². The van der Waals surface area contributed by atoms with Crippen LogP contribution in [0.25, 0.3) is 0 Å². The van der Waals surface area contributed by atoms with Crippen LogP contribution in [0, 0.1) is 5.92 Å². The van der Waals surface area contributed by atoms with Gasteiger partial charge in [0.15, 0.2) is 5.60 Å². The van der Waals surface area contributed by atoms with Crippen molar-refractivity contribution in [1.29, 1.82) is 0 Å². The second kappa shape index (κ2) is 6.58. The fraction of sp³-hybridized carbons (Fsp3) is 0.833. The van der Waals surface area contributed by atoms with Crippen LogP contribution in [-0.2, 0) is 4.79 Å². The van der Waals surface area contributed by atoms with E-state index in [1.807, 2.05) is 0 Å². The molecular weight excluding hydrogens is 236 g/mol. The molecule has 6 heteroatoms. The first kappa shape index (κ1) is 14.8. The number of urea groups is 1. The maximum atomic E-state index is 11.4. The highest BCUT2D eigenvalue weighted by Gasteiger charge is 2.30. The number of aliphatic hydroxyl groups is 1. The molecule has 1 unspecified atom stereocenters. The third-order valence-corrected chi connectivity index (χ3v) is 3.33. The summed E-state index contributed by atoms with van der Waals surface area (Å²) in [6.45, 7) is 1.45. The van der Waals surface area contributed by atoms with Gasteiger partial charge < -0.3 is 20.8 Å². The summed E-state index contributed by atoms with van der Waals surface area (Å²) in [4.78, 5) is 22.0. The Morgan fingerprint density at radius 3 is 2.39 bits per heavy atom. The fourth-order valence-electron chi connectivity index (χ4n) is 2.02. The lowest BCUT2D eigenvalue weighted by atomic mass is 9.89. The van der Waals surface area contributed by atoms with Gasteiger partial charge in [0.25, 0.3) is 0 Å². The molecule has 1 saturated carbocycles. The molecule has 6 nitrogen and oxygen atoms in total. The summed E-state index contributed by atoms with van der Waals surface area (Å²) in [5.74, 6) is -0.834. The lowest BCUT2D eigenvalue weighted by Crippen LogP contribution is -2.49. The van der Waals surface area contributed by atoms with E-state index >= 15 is 0 Å². The quantitative estimate of drug-likeness (QED) is 0.583. The summed E-state index contributed by atoms with van der Waals surface area (Å²) in [6.07, 6.45) is 5.95. The first-order chi connectivity index (χ1) is 8.42. The van der Waals surface area contributed by atoms with Gasteiger partial charge in [-0.2, -0.15) is 0 Å². The van der Waals surface area contributed by atoms with Gasteiger partial charge in [-0.1, -0.05) is 19.3 Å². The normalized spacial score (nSPS) is 19.9. The molecule has 4 N–H and O–H groups in total. The first-order valence-corrected chi connectivity index (χ1v) is 6.39. The van der Waals surface area contributed by atoms with Crippen molar-refractivity contribution < 1.29 is 19.8 Å². The van der Waals surface area contributed by atoms with Gasteiger partial charge in [-0.3, -0.25) is 0 Å². The molecule has 0 aromatic carbocycles. The predicted octanol–water partition coefficient (Wildman–Crippen LogP) is 0.701. The van der Waals surface area contributed by atoms with Gasteiger partial charge >= 0.3 is 12.0 Å². The van der Waals surface area contributed by atoms with Crippen molar-refractivity contribution >= 4 is 12.0 Å². The minimum absolute atomic E-state index is 0.307. The van der Waals surface area contributed by atoms with Crippen LogP contribution in [-0.4, -0.2) is 40.9 Å². The molecule has 0 aromatic rings. The Kier molecular flexibility index (Phi) is 5.40. The van der Waals surface area contributed by atoms with Crippen molar-refractivity contribution in [2.45, 2.75) is 44.6 Å². The van der Waals surface area contributed by atoms with E-state index in [0.717, 1.165) is 19.8 Å². The van der Waals surface area contributed by atoms with Crippen molar-refractivity contribution in [1.82, 2.24) is 10.6 Å². The third-order valence-electron chi connectivity index (χ3n) is 3.33. The average molecular weight is 258 g/mol. The maximum Gasteiger partial charge on any atom is 0.337 e. The summed E-state index contributed by atoms with van der Waals surface area (Å²) in [5.41, 5.74) is -1.93. The number of carboxylic acids is 1. The molecule has 18 heavy (non-hydrogen) atoms. The number of carboxylic acid groups (broad SMARTS) is 1. The Balaban J connectivity index is 2.19. The van der Waals surface area contributed by atoms with Crippen molar-refractivity contribution in [2.75, 3.05) is 13.1 Å². The molecule has 2 amide bonds. The number of carbonyl (C=O) groups is 2. The highest BCUT2D eigenvalue weighted by molar-refractivity contribution is 5.79. The standard InChI is InChI=1S/C12H22N2O4/c1-12(18,10(15)16)8-14-11(17)13-7-9-5-3-2-4-6-9/h9,18H,2-8H2,1H3,(H,15,16)(H2,13,14,17). The largest absolute Gasteiger partial charge is 0.479 e. The number of amides is 2. The molecular formula is C12H22N2O4. The smallest absolute Gasteiger partial charge is 0.337 e. The van der Waals surface area contributed by atoms with Crippen LogP contribution in [0.1, 0.15) is 39.0 Å². The summed E-state index contributed by atoms with van der Waals surface area (Å²) in [6, 6.07) is -0.429. The number of rotatable bonds is 5. The monoisotopic (exact) mass is 258 g/mol. The minimum atomic E-state index is -1.93. The molecule has 0 saturated heterocycles. The van der Waals surface area contributed by atoms with Crippen molar-refractivity contribution in [3.05, 3.63) is 0 Å². The Bertz CT molecular complexity index is 298. The van der Waals surface area contributed by atoms with Gasteiger partial charge in [0.05, 0.1) is 6.54 Å². The van der Waals surface area contributed by atoms with E-state index in [1.54, 1.807) is 0 Å². The molecule has 0 heterocycles. The number of hydrogen-bond donors (Lipinski definition) is 4. The number of aliphatic carboxylic acids is 1. The van der Waals surface area contributed by atoms with Gasteiger partial charge in [0.1, 0.15) is 0 Å². The molecule has 0 radical (unpaired) electrons. The van der Waals surface area contributed by atoms with E-state index in [2.05, 4.69) is 10.6 Å².